The normalized spacial score (nSPS) is 13.6. The van der Waals surface area contributed by atoms with Gasteiger partial charge >= 0.3 is 0 Å². The molecule has 0 aliphatic heterocycles. The summed E-state index contributed by atoms with van der Waals surface area (Å²) in [5, 5.41) is 11.2. The molecule has 4 aromatic rings. The molecule has 0 bridgehead atoms. The first kappa shape index (κ1) is 15.8. The Morgan fingerprint density at radius 3 is 2.56 bits per heavy atom. The Morgan fingerprint density at radius 1 is 1.00 bits per heavy atom. The lowest BCUT2D eigenvalue weighted by molar-refractivity contribution is 0.0935. The van der Waals surface area contributed by atoms with E-state index < -0.39 is 0 Å². The Bertz CT molecular complexity index is 1110. The first-order chi connectivity index (χ1) is 13.3. The quantitative estimate of drug-likeness (QED) is 0.591. The van der Waals surface area contributed by atoms with Crippen molar-refractivity contribution < 1.29 is 4.79 Å². The van der Waals surface area contributed by atoms with Gasteiger partial charge in [0.25, 0.3) is 5.91 Å². The number of H-pyrrole nitrogens is 1. The number of rotatable bonds is 3. The molecule has 0 atom stereocenters. The number of nitrogens with one attached hydrogen (secondary N) is 2. The largest absolute Gasteiger partial charge is 0.347 e. The highest BCUT2D eigenvalue weighted by Crippen LogP contribution is 2.26. The minimum absolute atomic E-state index is 0.114. The fourth-order valence-electron chi connectivity index (χ4n) is 3.81. The zero-order valence-corrected chi connectivity index (χ0v) is 14.6. The molecule has 5 nitrogen and oxygen atoms in total. The zero-order valence-electron chi connectivity index (χ0n) is 14.6. The van der Waals surface area contributed by atoms with Gasteiger partial charge in [0, 0.05) is 29.4 Å². The van der Waals surface area contributed by atoms with Crippen LogP contribution in [0, 0.1) is 0 Å². The van der Waals surface area contributed by atoms with Crippen molar-refractivity contribution in [3.8, 4) is 11.1 Å². The van der Waals surface area contributed by atoms with E-state index in [1.54, 1.807) is 6.20 Å². The predicted molar refractivity (Wildman–Crippen MR) is 104 cm³/mol. The molecular weight excluding hydrogens is 336 g/mol. The second-order valence-electron chi connectivity index (χ2n) is 6.92. The average molecular weight is 354 g/mol. The summed E-state index contributed by atoms with van der Waals surface area (Å²) in [6.45, 7) is 0. The van der Waals surface area contributed by atoms with Crippen LogP contribution in [0.15, 0.2) is 67.0 Å². The van der Waals surface area contributed by atoms with Gasteiger partial charge < -0.3 is 5.32 Å². The van der Waals surface area contributed by atoms with Gasteiger partial charge in [-0.2, -0.15) is 5.10 Å². The minimum Gasteiger partial charge on any atom is -0.347 e. The number of carbonyl (C=O) groups excluding carboxylic acids is 1. The highest BCUT2D eigenvalue weighted by Gasteiger charge is 2.24. The highest BCUT2D eigenvalue weighted by atomic mass is 16.2. The number of hydrogen-bond acceptors (Lipinski definition) is 3. The van der Waals surface area contributed by atoms with Gasteiger partial charge in [-0.25, -0.2) is 0 Å². The monoisotopic (exact) mass is 354 g/mol. The third kappa shape index (κ3) is 2.87. The number of carbonyl (C=O) groups is 1. The lowest BCUT2D eigenvalue weighted by Gasteiger charge is -2.11. The van der Waals surface area contributed by atoms with Gasteiger partial charge in [-0.1, -0.05) is 36.4 Å². The van der Waals surface area contributed by atoms with Crippen molar-refractivity contribution in [1.29, 1.82) is 0 Å². The number of fused-ring (bicyclic) bond motifs is 2. The van der Waals surface area contributed by atoms with Crippen molar-refractivity contribution in [1.82, 2.24) is 20.5 Å². The molecule has 2 heterocycles. The van der Waals surface area contributed by atoms with E-state index in [2.05, 4.69) is 32.6 Å². The molecule has 1 amide bonds. The predicted octanol–water partition coefficient (Wildman–Crippen LogP) is 3.52. The molecule has 0 saturated carbocycles. The van der Waals surface area contributed by atoms with Crippen molar-refractivity contribution >= 4 is 16.8 Å². The van der Waals surface area contributed by atoms with E-state index in [4.69, 9.17) is 0 Å². The first-order valence-corrected chi connectivity index (χ1v) is 9.04. The standard InChI is InChI=1S/C22H18N4O/c27-22(24-18-10-14-4-1-2-5-15(14)11-18)21-19-12-16(7-8-20(19)25-26-21)17-6-3-9-23-13-17/h1-9,12-13,18H,10-11H2,(H,24,27)(H,25,26). The van der Waals surface area contributed by atoms with Crippen LogP contribution in [0.2, 0.25) is 0 Å². The summed E-state index contributed by atoms with van der Waals surface area (Å²) < 4.78 is 0. The first-order valence-electron chi connectivity index (χ1n) is 9.04. The molecule has 0 radical (unpaired) electrons. The molecule has 5 rings (SSSR count). The van der Waals surface area contributed by atoms with Crippen molar-refractivity contribution in [2.45, 2.75) is 18.9 Å². The van der Waals surface area contributed by atoms with Crippen LogP contribution in [0.4, 0.5) is 0 Å². The summed E-state index contributed by atoms with van der Waals surface area (Å²) in [5.41, 5.74) is 5.94. The summed E-state index contributed by atoms with van der Waals surface area (Å²) in [6.07, 6.45) is 5.30. The van der Waals surface area contributed by atoms with E-state index in [0.29, 0.717) is 5.69 Å². The molecule has 0 spiro atoms. The molecule has 1 aliphatic rings. The van der Waals surface area contributed by atoms with E-state index in [9.17, 15) is 4.79 Å². The van der Waals surface area contributed by atoms with Gasteiger partial charge in [0.15, 0.2) is 5.69 Å². The van der Waals surface area contributed by atoms with Crippen LogP contribution in [0.5, 0.6) is 0 Å². The van der Waals surface area contributed by atoms with Crippen molar-refractivity contribution in [3.05, 3.63) is 83.8 Å². The zero-order chi connectivity index (χ0) is 18.2. The van der Waals surface area contributed by atoms with Gasteiger partial charge in [0.2, 0.25) is 0 Å². The van der Waals surface area contributed by atoms with Crippen molar-refractivity contribution in [2.75, 3.05) is 0 Å². The van der Waals surface area contributed by atoms with Crippen LogP contribution in [0.25, 0.3) is 22.0 Å². The van der Waals surface area contributed by atoms with Crippen LogP contribution in [0.1, 0.15) is 21.6 Å². The topological polar surface area (TPSA) is 70.7 Å². The Morgan fingerprint density at radius 2 is 1.81 bits per heavy atom. The Hall–Kier alpha value is -3.47. The van der Waals surface area contributed by atoms with E-state index in [0.717, 1.165) is 34.9 Å². The maximum absolute atomic E-state index is 12.9. The second kappa shape index (κ2) is 6.36. The van der Waals surface area contributed by atoms with Crippen LogP contribution in [0.3, 0.4) is 0 Å². The third-order valence-electron chi connectivity index (χ3n) is 5.16. The molecule has 0 unspecified atom stereocenters. The van der Waals surface area contributed by atoms with E-state index in [1.165, 1.54) is 11.1 Å². The number of nitrogens with zero attached hydrogens (tertiary/aromatic N) is 2. The van der Waals surface area contributed by atoms with Crippen molar-refractivity contribution in [2.24, 2.45) is 0 Å². The summed E-state index contributed by atoms with van der Waals surface area (Å²) in [6, 6.07) is 18.3. The summed E-state index contributed by atoms with van der Waals surface area (Å²) in [4.78, 5) is 17.0. The van der Waals surface area contributed by atoms with Gasteiger partial charge in [0.05, 0.1) is 5.52 Å². The number of hydrogen-bond donors (Lipinski definition) is 2. The average Bonchev–Trinajstić information content (AvgIpc) is 3.31. The fourth-order valence-corrected chi connectivity index (χ4v) is 3.81. The molecule has 5 heteroatoms. The maximum atomic E-state index is 12.9. The molecule has 27 heavy (non-hydrogen) atoms. The third-order valence-corrected chi connectivity index (χ3v) is 5.16. The molecule has 2 N–H and O–H groups in total. The fraction of sp³-hybridized carbons (Fsp3) is 0.136. The number of aromatic nitrogens is 3. The maximum Gasteiger partial charge on any atom is 0.272 e. The number of aromatic amines is 1. The summed E-state index contributed by atoms with van der Waals surface area (Å²) in [5.74, 6) is -0.137. The summed E-state index contributed by atoms with van der Waals surface area (Å²) >= 11 is 0. The number of pyridine rings is 1. The van der Waals surface area contributed by atoms with Crippen LogP contribution < -0.4 is 5.32 Å². The molecular formula is C22H18N4O. The molecule has 2 aromatic carbocycles. The summed E-state index contributed by atoms with van der Waals surface area (Å²) in [7, 11) is 0. The Kier molecular flexibility index (Phi) is 3.71. The highest BCUT2D eigenvalue weighted by molar-refractivity contribution is 6.05. The Labute approximate surface area is 156 Å². The van der Waals surface area contributed by atoms with E-state index >= 15 is 0 Å². The lowest BCUT2D eigenvalue weighted by atomic mass is 10.0. The molecule has 0 saturated heterocycles. The molecule has 132 valence electrons. The smallest absolute Gasteiger partial charge is 0.272 e. The molecule has 1 aliphatic carbocycles. The molecule has 0 fully saturated rings. The van der Waals surface area contributed by atoms with Gasteiger partial charge in [0.1, 0.15) is 0 Å². The van der Waals surface area contributed by atoms with E-state index in [1.807, 2.05) is 48.7 Å². The molecule has 2 aromatic heterocycles. The second-order valence-corrected chi connectivity index (χ2v) is 6.92. The number of amides is 1. The van der Waals surface area contributed by atoms with Crippen LogP contribution in [-0.4, -0.2) is 27.1 Å². The number of benzene rings is 2. The van der Waals surface area contributed by atoms with Crippen LogP contribution >= 0.6 is 0 Å². The van der Waals surface area contributed by atoms with Crippen molar-refractivity contribution in [3.63, 3.8) is 0 Å². The SMILES string of the molecule is O=C(NC1Cc2ccccc2C1)c1n[nH]c2ccc(-c3cccnc3)cc12. The minimum atomic E-state index is -0.137. The van der Waals surface area contributed by atoms with E-state index in [-0.39, 0.29) is 11.9 Å². The Balaban J connectivity index is 1.42. The van der Waals surface area contributed by atoms with Gasteiger partial charge in [-0.05, 0) is 47.7 Å². The van der Waals surface area contributed by atoms with Gasteiger partial charge in [-0.15, -0.1) is 0 Å². The van der Waals surface area contributed by atoms with Crippen LogP contribution in [-0.2, 0) is 12.8 Å². The van der Waals surface area contributed by atoms with Gasteiger partial charge in [-0.3, -0.25) is 14.9 Å². The lowest BCUT2D eigenvalue weighted by Crippen LogP contribution is -2.35.